The van der Waals surface area contributed by atoms with Crippen LogP contribution in [-0.2, 0) is 13.0 Å². The third-order valence-corrected chi connectivity index (χ3v) is 3.53. The molecule has 0 radical (unpaired) electrons. The van der Waals surface area contributed by atoms with E-state index >= 15 is 0 Å². The van der Waals surface area contributed by atoms with Crippen LogP contribution in [0, 0.1) is 11.8 Å². The molecule has 102 valence electrons. The second-order valence-electron chi connectivity index (χ2n) is 6.11. The summed E-state index contributed by atoms with van der Waals surface area (Å²) in [5.41, 5.74) is -0.537. The summed E-state index contributed by atoms with van der Waals surface area (Å²) in [5, 5.41) is 14.1. The first-order chi connectivity index (χ1) is 8.39. The molecule has 0 aromatic carbocycles. The molecule has 0 unspecified atom stereocenters. The van der Waals surface area contributed by atoms with Crippen molar-refractivity contribution >= 4 is 0 Å². The van der Waals surface area contributed by atoms with E-state index in [1.807, 2.05) is 13.8 Å². The maximum absolute atomic E-state index is 10.2. The van der Waals surface area contributed by atoms with Gasteiger partial charge >= 0.3 is 0 Å². The van der Waals surface area contributed by atoms with Crippen molar-refractivity contribution in [1.82, 2.24) is 15.0 Å². The lowest BCUT2D eigenvalue weighted by Gasteiger charge is -2.48. The summed E-state index contributed by atoms with van der Waals surface area (Å²) < 4.78 is 5.19. The van der Waals surface area contributed by atoms with E-state index in [1.165, 1.54) is 0 Å². The summed E-state index contributed by atoms with van der Waals surface area (Å²) in [6.07, 6.45) is 0.822. The third kappa shape index (κ3) is 2.90. The Hall–Kier alpha value is -0.940. The zero-order valence-corrected chi connectivity index (χ0v) is 11.7. The lowest BCUT2D eigenvalue weighted by molar-refractivity contribution is -0.131. The van der Waals surface area contributed by atoms with Gasteiger partial charge in [-0.2, -0.15) is 4.98 Å². The molecule has 1 aliphatic rings. The summed E-state index contributed by atoms with van der Waals surface area (Å²) in [4.78, 5) is 6.51. The van der Waals surface area contributed by atoms with Crippen molar-refractivity contribution in [2.45, 2.75) is 46.3 Å². The summed E-state index contributed by atoms with van der Waals surface area (Å²) >= 11 is 0. The van der Waals surface area contributed by atoms with Crippen molar-refractivity contribution in [2.24, 2.45) is 11.8 Å². The Kier molecular flexibility index (Phi) is 3.73. The number of nitrogens with zero attached hydrogens (tertiary/aromatic N) is 3. The van der Waals surface area contributed by atoms with Crippen LogP contribution in [0.1, 0.15) is 39.4 Å². The molecule has 2 heterocycles. The van der Waals surface area contributed by atoms with Crippen LogP contribution in [0.5, 0.6) is 0 Å². The highest BCUT2D eigenvalue weighted by Crippen LogP contribution is 2.29. The molecule has 1 aromatic heterocycles. The van der Waals surface area contributed by atoms with Crippen LogP contribution < -0.4 is 0 Å². The van der Waals surface area contributed by atoms with Gasteiger partial charge in [0.25, 0.3) is 0 Å². The minimum Gasteiger partial charge on any atom is -0.387 e. The van der Waals surface area contributed by atoms with Gasteiger partial charge in [-0.15, -0.1) is 0 Å². The maximum Gasteiger partial charge on any atom is 0.226 e. The molecule has 0 atom stereocenters. The lowest BCUT2D eigenvalue weighted by Crippen LogP contribution is -2.63. The first kappa shape index (κ1) is 13.5. The van der Waals surface area contributed by atoms with Gasteiger partial charge in [0.1, 0.15) is 0 Å². The first-order valence-electron chi connectivity index (χ1n) is 6.65. The number of β-amino-alcohol motifs (C(OH)–C–C–N with tert-alkyl or cyclic N) is 1. The smallest absolute Gasteiger partial charge is 0.226 e. The minimum absolute atomic E-state index is 0.288. The molecule has 1 aromatic rings. The average molecular weight is 253 g/mol. The van der Waals surface area contributed by atoms with E-state index in [0.29, 0.717) is 31.4 Å². The highest BCUT2D eigenvalue weighted by molar-refractivity contribution is 4.99. The van der Waals surface area contributed by atoms with Gasteiger partial charge in [0.15, 0.2) is 5.82 Å². The van der Waals surface area contributed by atoms with Crippen molar-refractivity contribution in [2.75, 3.05) is 13.1 Å². The van der Waals surface area contributed by atoms with E-state index in [4.69, 9.17) is 4.52 Å². The monoisotopic (exact) mass is 253 g/mol. The molecule has 1 fully saturated rings. The van der Waals surface area contributed by atoms with Crippen LogP contribution >= 0.6 is 0 Å². The first-order valence-corrected chi connectivity index (χ1v) is 6.65. The zero-order chi connectivity index (χ0) is 13.3. The maximum atomic E-state index is 10.2. The van der Waals surface area contributed by atoms with E-state index in [9.17, 15) is 5.11 Å². The van der Waals surface area contributed by atoms with E-state index in [2.05, 4.69) is 28.9 Å². The van der Waals surface area contributed by atoms with Crippen molar-refractivity contribution < 1.29 is 9.63 Å². The predicted octanol–water partition coefficient (Wildman–Crippen LogP) is 1.47. The standard InChI is InChI=1S/C13H23N3O2/c1-9(2)5-12-14-11(15-18-12)6-16-7-13(17,8-16)10(3)4/h9-10,17H,5-8H2,1-4H3. The van der Waals surface area contributed by atoms with Crippen LogP contribution in [0.4, 0.5) is 0 Å². The molecule has 0 saturated carbocycles. The molecular weight excluding hydrogens is 230 g/mol. The van der Waals surface area contributed by atoms with Gasteiger partial charge in [-0.3, -0.25) is 4.90 Å². The number of rotatable bonds is 5. The molecular formula is C13H23N3O2. The van der Waals surface area contributed by atoms with Gasteiger partial charge in [0.05, 0.1) is 12.1 Å². The molecule has 5 nitrogen and oxygen atoms in total. The van der Waals surface area contributed by atoms with Gasteiger partial charge in [-0.25, -0.2) is 0 Å². The molecule has 0 aliphatic carbocycles. The van der Waals surface area contributed by atoms with Crippen molar-refractivity contribution in [3.8, 4) is 0 Å². The Morgan fingerprint density at radius 2 is 2.00 bits per heavy atom. The van der Waals surface area contributed by atoms with Gasteiger partial charge in [0, 0.05) is 19.5 Å². The van der Waals surface area contributed by atoms with Crippen molar-refractivity contribution in [3.63, 3.8) is 0 Å². The Morgan fingerprint density at radius 3 is 2.56 bits per heavy atom. The number of likely N-dealkylation sites (tertiary alicyclic amines) is 1. The fourth-order valence-electron chi connectivity index (χ4n) is 2.19. The van der Waals surface area contributed by atoms with Crippen molar-refractivity contribution in [3.05, 3.63) is 11.7 Å². The average Bonchev–Trinajstić information content (AvgIpc) is 2.61. The minimum atomic E-state index is -0.537. The quantitative estimate of drug-likeness (QED) is 0.861. The highest BCUT2D eigenvalue weighted by Gasteiger charge is 2.43. The summed E-state index contributed by atoms with van der Waals surface area (Å²) in [5.74, 6) is 2.24. The van der Waals surface area contributed by atoms with Gasteiger partial charge in [-0.1, -0.05) is 32.9 Å². The van der Waals surface area contributed by atoms with Crippen LogP contribution in [0.25, 0.3) is 0 Å². The van der Waals surface area contributed by atoms with Crippen molar-refractivity contribution in [1.29, 1.82) is 0 Å². The van der Waals surface area contributed by atoms with Gasteiger partial charge in [0.2, 0.25) is 5.89 Å². The number of aromatic nitrogens is 2. The SMILES string of the molecule is CC(C)Cc1nc(CN2CC(O)(C(C)C)C2)no1. The summed E-state index contributed by atoms with van der Waals surface area (Å²) in [6, 6.07) is 0. The zero-order valence-electron chi connectivity index (χ0n) is 11.7. The van der Waals surface area contributed by atoms with Crippen LogP contribution in [0.2, 0.25) is 0 Å². The van der Waals surface area contributed by atoms with Crippen LogP contribution in [0.15, 0.2) is 4.52 Å². The van der Waals surface area contributed by atoms with E-state index < -0.39 is 5.60 Å². The molecule has 5 heteroatoms. The number of aliphatic hydroxyl groups is 1. The molecule has 18 heavy (non-hydrogen) atoms. The molecule has 1 aliphatic heterocycles. The highest BCUT2D eigenvalue weighted by atomic mass is 16.5. The third-order valence-electron chi connectivity index (χ3n) is 3.53. The normalized spacial score (nSPS) is 19.5. The van der Waals surface area contributed by atoms with E-state index in [1.54, 1.807) is 0 Å². The Bertz CT molecular complexity index is 395. The van der Waals surface area contributed by atoms with Crippen LogP contribution in [-0.4, -0.2) is 38.8 Å². The van der Waals surface area contributed by atoms with Crippen LogP contribution in [0.3, 0.4) is 0 Å². The second kappa shape index (κ2) is 4.97. The second-order valence-corrected chi connectivity index (χ2v) is 6.11. The predicted molar refractivity (Wildman–Crippen MR) is 67.9 cm³/mol. The topological polar surface area (TPSA) is 62.4 Å². The molecule has 0 spiro atoms. The molecule has 0 bridgehead atoms. The Balaban J connectivity index is 1.83. The molecule has 1 N–H and O–H groups in total. The van der Waals surface area contributed by atoms with E-state index in [0.717, 1.165) is 12.2 Å². The van der Waals surface area contributed by atoms with Gasteiger partial charge < -0.3 is 9.63 Å². The Morgan fingerprint density at radius 1 is 1.33 bits per heavy atom. The molecule has 2 rings (SSSR count). The van der Waals surface area contributed by atoms with E-state index in [-0.39, 0.29) is 5.92 Å². The largest absolute Gasteiger partial charge is 0.387 e. The number of hydrogen-bond acceptors (Lipinski definition) is 5. The molecule has 0 amide bonds. The summed E-state index contributed by atoms with van der Waals surface area (Å²) in [7, 11) is 0. The van der Waals surface area contributed by atoms with Gasteiger partial charge in [-0.05, 0) is 11.8 Å². The fraction of sp³-hybridized carbons (Fsp3) is 0.846. The Labute approximate surface area is 108 Å². The lowest BCUT2D eigenvalue weighted by atomic mass is 9.83. The number of hydrogen-bond donors (Lipinski definition) is 1. The molecule has 1 saturated heterocycles. The fourth-order valence-corrected chi connectivity index (χ4v) is 2.19. The summed E-state index contributed by atoms with van der Waals surface area (Å²) in [6.45, 7) is 10.4.